The number of nitrogens with one attached hydrogen (secondary N) is 1. The molecule has 4 saturated carbocycles. The van der Waals surface area contributed by atoms with Gasteiger partial charge in [-0.05, 0) is 99.5 Å². The van der Waals surface area contributed by atoms with Crippen LogP contribution in [0.15, 0.2) is 30.3 Å². The number of carbonyl (C=O) groups excluding carboxylic acids is 1. The molecule has 1 aromatic rings. The Morgan fingerprint density at radius 3 is 2.72 bits per heavy atom. The number of Topliss-reactive ketones (excluding diaryl/α,β-unsaturated/α-hetero) is 1. The van der Waals surface area contributed by atoms with E-state index in [4.69, 9.17) is 0 Å². The molecule has 1 N–H and O–H groups in total. The van der Waals surface area contributed by atoms with Crippen LogP contribution in [0.25, 0.3) is 0 Å². The zero-order valence-corrected chi connectivity index (χ0v) is 17.9. The van der Waals surface area contributed by atoms with Crippen LogP contribution in [-0.2, 0) is 10.2 Å². The first-order valence-electron chi connectivity index (χ1n) is 11.8. The lowest BCUT2D eigenvalue weighted by molar-refractivity contribution is -0.163. The summed E-state index contributed by atoms with van der Waals surface area (Å²) in [5.74, 6) is 1.63. The number of halogens is 1. The summed E-state index contributed by atoms with van der Waals surface area (Å²) in [6, 6.07) is 11.4. The average molecular weight is 398 g/mol. The molecular weight excluding hydrogens is 361 g/mol. The van der Waals surface area contributed by atoms with Crippen LogP contribution < -0.4 is 5.32 Å². The van der Waals surface area contributed by atoms with Gasteiger partial charge in [-0.3, -0.25) is 9.18 Å². The third-order valence-electron chi connectivity index (χ3n) is 8.99. The Morgan fingerprint density at radius 1 is 1.14 bits per heavy atom. The molecule has 0 aromatic heterocycles. The molecule has 5 aliphatic rings. The minimum atomic E-state index is -0.242. The van der Waals surface area contributed by atoms with Crippen LogP contribution in [0.2, 0.25) is 0 Å². The molecule has 6 rings (SSSR count). The standard InChI is InChI=1S/C26H36FNO/c1-19-11-20(7-10-28-19)12-23(29)26-15-21-13-24(17-26,8-9-27)16-25(14-21,18-26)22-5-3-2-4-6-22/h2-6,19-21,28H,7-18H2,1H3/t19-,20+,21?,24-,25-,26?/m1/s1. The number of hydrogen-bond acceptors (Lipinski definition) is 2. The van der Waals surface area contributed by atoms with Crippen LogP contribution >= 0.6 is 0 Å². The molecule has 29 heavy (non-hydrogen) atoms. The zero-order valence-electron chi connectivity index (χ0n) is 17.9. The molecule has 0 radical (unpaired) electrons. The molecule has 5 fully saturated rings. The van der Waals surface area contributed by atoms with E-state index in [0.717, 1.165) is 57.9 Å². The summed E-state index contributed by atoms with van der Waals surface area (Å²) in [6.45, 7) is 3.03. The lowest BCUT2D eigenvalue weighted by atomic mass is 9.37. The first-order chi connectivity index (χ1) is 14.0. The molecule has 1 aliphatic heterocycles. The lowest BCUT2D eigenvalue weighted by Crippen LogP contribution is -2.61. The quantitative estimate of drug-likeness (QED) is 0.677. The van der Waals surface area contributed by atoms with Gasteiger partial charge >= 0.3 is 0 Å². The Morgan fingerprint density at radius 2 is 1.97 bits per heavy atom. The number of piperidine rings is 1. The van der Waals surface area contributed by atoms with Crippen molar-refractivity contribution in [1.29, 1.82) is 0 Å². The first kappa shape index (κ1) is 19.7. The summed E-state index contributed by atoms with van der Waals surface area (Å²) in [7, 11) is 0. The van der Waals surface area contributed by atoms with Gasteiger partial charge in [0.2, 0.25) is 0 Å². The smallest absolute Gasteiger partial charge is 0.139 e. The first-order valence-corrected chi connectivity index (χ1v) is 11.8. The highest BCUT2D eigenvalue weighted by Gasteiger charge is 2.65. The summed E-state index contributed by atoms with van der Waals surface area (Å²) in [6.07, 6.45) is 10.1. The van der Waals surface area contributed by atoms with E-state index in [1.807, 2.05) is 0 Å². The van der Waals surface area contributed by atoms with Crippen molar-refractivity contribution < 1.29 is 9.18 Å². The number of benzene rings is 1. The maximum atomic E-state index is 13.9. The summed E-state index contributed by atoms with van der Waals surface area (Å²) >= 11 is 0. The monoisotopic (exact) mass is 397 g/mol. The fourth-order valence-corrected chi connectivity index (χ4v) is 8.44. The van der Waals surface area contributed by atoms with Crippen molar-refractivity contribution in [2.75, 3.05) is 13.2 Å². The average Bonchev–Trinajstić information content (AvgIpc) is 2.68. The number of hydrogen-bond donors (Lipinski definition) is 1. The maximum Gasteiger partial charge on any atom is 0.139 e. The minimum Gasteiger partial charge on any atom is -0.314 e. The molecule has 0 amide bonds. The van der Waals surface area contributed by atoms with Gasteiger partial charge in [0.25, 0.3) is 0 Å². The highest BCUT2D eigenvalue weighted by atomic mass is 19.1. The molecule has 3 heteroatoms. The second-order valence-corrected chi connectivity index (χ2v) is 11.2. The minimum absolute atomic E-state index is 0.0427. The highest BCUT2D eigenvalue weighted by Crippen LogP contribution is 2.71. The van der Waals surface area contributed by atoms with Gasteiger partial charge in [-0.2, -0.15) is 0 Å². The van der Waals surface area contributed by atoms with Crippen molar-refractivity contribution in [1.82, 2.24) is 5.32 Å². The molecule has 4 bridgehead atoms. The van der Waals surface area contributed by atoms with Crippen molar-refractivity contribution >= 4 is 5.78 Å². The number of rotatable bonds is 6. The van der Waals surface area contributed by atoms with Gasteiger partial charge in [0.1, 0.15) is 5.78 Å². The molecule has 1 heterocycles. The maximum absolute atomic E-state index is 13.9. The van der Waals surface area contributed by atoms with E-state index in [1.165, 1.54) is 12.0 Å². The number of carbonyl (C=O) groups is 1. The number of alkyl halides is 1. The second kappa shape index (κ2) is 7.18. The van der Waals surface area contributed by atoms with Crippen LogP contribution in [0.1, 0.15) is 76.7 Å². The van der Waals surface area contributed by atoms with Crippen molar-refractivity contribution in [2.45, 2.75) is 82.6 Å². The van der Waals surface area contributed by atoms with E-state index in [9.17, 15) is 9.18 Å². The third-order valence-corrected chi connectivity index (χ3v) is 8.99. The van der Waals surface area contributed by atoms with E-state index in [0.29, 0.717) is 30.1 Å². The second-order valence-electron chi connectivity index (χ2n) is 11.2. The Labute approximate surface area is 175 Å². The van der Waals surface area contributed by atoms with E-state index in [2.05, 4.69) is 42.6 Å². The summed E-state index contributed by atoms with van der Waals surface area (Å²) < 4.78 is 13.7. The van der Waals surface area contributed by atoms with Gasteiger partial charge in [-0.15, -0.1) is 0 Å². The van der Waals surface area contributed by atoms with E-state index in [1.54, 1.807) is 0 Å². The molecule has 1 saturated heterocycles. The van der Waals surface area contributed by atoms with Crippen LogP contribution in [0.3, 0.4) is 0 Å². The number of ketones is 1. The molecule has 158 valence electrons. The largest absolute Gasteiger partial charge is 0.314 e. The lowest BCUT2D eigenvalue weighted by Gasteiger charge is -2.66. The zero-order chi connectivity index (χ0) is 20.1. The van der Waals surface area contributed by atoms with Crippen molar-refractivity contribution in [3.63, 3.8) is 0 Å². The topological polar surface area (TPSA) is 29.1 Å². The third kappa shape index (κ3) is 3.38. The molecule has 2 nitrogen and oxygen atoms in total. The highest BCUT2D eigenvalue weighted by molar-refractivity contribution is 5.86. The van der Waals surface area contributed by atoms with E-state index in [-0.39, 0.29) is 22.9 Å². The van der Waals surface area contributed by atoms with Crippen LogP contribution in [0.5, 0.6) is 0 Å². The van der Waals surface area contributed by atoms with Crippen LogP contribution in [-0.4, -0.2) is 25.0 Å². The van der Waals surface area contributed by atoms with Gasteiger partial charge in [0.15, 0.2) is 0 Å². The molecule has 1 aromatic carbocycles. The van der Waals surface area contributed by atoms with E-state index < -0.39 is 0 Å². The van der Waals surface area contributed by atoms with Gasteiger partial charge in [-0.25, -0.2) is 0 Å². The van der Waals surface area contributed by atoms with E-state index >= 15 is 0 Å². The molecular formula is C26H36FNO. The molecule has 2 unspecified atom stereocenters. The predicted octanol–water partition coefficient (Wildman–Crippen LogP) is 5.60. The van der Waals surface area contributed by atoms with Gasteiger partial charge in [0, 0.05) is 17.9 Å². The van der Waals surface area contributed by atoms with Crippen LogP contribution in [0.4, 0.5) is 4.39 Å². The Kier molecular flexibility index (Phi) is 4.89. The van der Waals surface area contributed by atoms with Crippen LogP contribution in [0, 0.1) is 22.7 Å². The fourth-order valence-electron chi connectivity index (χ4n) is 8.44. The summed E-state index contributed by atoms with van der Waals surface area (Å²) in [5, 5.41) is 3.52. The van der Waals surface area contributed by atoms with Crippen molar-refractivity contribution in [3.05, 3.63) is 35.9 Å². The van der Waals surface area contributed by atoms with Gasteiger partial charge < -0.3 is 5.32 Å². The van der Waals surface area contributed by atoms with Crippen molar-refractivity contribution in [3.8, 4) is 0 Å². The van der Waals surface area contributed by atoms with Gasteiger partial charge in [-0.1, -0.05) is 30.3 Å². The molecule has 4 aliphatic carbocycles. The van der Waals surface area contributed by atoms with Crippen molar-refractivity contribution in [2.24, 2.45) is 22.7 Å². The molecule has 6 atom stereocenters. The summed E-state index contributed by atoms with van der Waals surface area (Å²) in [5.41, 5.74) is 1.34. The predicted molar refractivity (Wildman–Crippen MR) is 115 cm³/mol. The normalized spacial score (nSPS) is 43.4. The Balaban J connectivity index is 1.47. The SMILES string of the molecule is C[C@@H]1C[C@@H](CC(=O)C23CC4C[C@@](CCF)(C2)C[C@](c2ccccc2)(C4)C3)CCN1. The summed E-state index contributed by atoms with van der Waals surface area (Å²) in [4.78, 5) is 13.9. The Hall–Kier alpha value is -1.22. The fraction of sp³-hybridized carbons (Fsp3) is 0.731. The van der Waals surface area contributed by atoms with Gasteiger partial charge in [0.05, 0.1) is 6.67 Å². The Bertz CT molecular complexity index is 765. The molecule has 0 spiro atoms.